The largest absolute Gasteiger partial charge is 0.486 e. The Hall–Kier alpha value is -2.89. The van der Waals surface area contributed by atoms with Gasteiger partial charge in [0.15, 0.2) is 11.5 Å². The summed E-state index contributed by atoms with van der Waals surface area (Å²) >= 11 is 0. The van der Waals surface area contributed by atoms with Crippen molar-refractivity contribution in [3.8, 4) is 11.5 Å². The Kier molecular flexibility index (Phi) is 5.55. The first-order valence-electron chi connectivity index (χ1n) is 9.96. The highest BCUT2D eigenvalue weighted by Crippen LogP contribution is 2.32. The molecule has 2 aliphatic rings. The summed E-state index contributed by atoms with van der Waals surface area (Å²) in [6.07, 6.45) is 2.48. The predicted molar refractivity (Wildman–Crippen MR) is 112 cm³/mol. The second-order valence-electron chi connectivity index (χ2n) is 7.48. The molecule has 0 saturated carbocycles. The van der Waals surface area contributed by atoms with Gasteiger partial charge in [0.1, 0.15) is 13.2 Å². The molecule has 6 heteroatoms. The highest BCUT2D eigenvalue weighted by molar-refractivity contribution is 5.94. The van der Waals surface area contributed by atoms with E-state index in [1.54, 1.807) is 0 Å². The van der Waals surface area contributed by atoms with Crippen LogP contribution in [0.5, 0.6) is 11.5 Å². The topological polar surface area (TPSA) is 62.8 Å². The van der Waals surface area contributed by atoms with Gasteiger partial charge in [-0.25, -0.2) is 0 Å². The Morgan fingerprint density at radius 3 is 2.43 bits per heavy atom. The fraction of sp³-hybridized carbons (Fsp3) is 0.409. The van der Waals surface area contributed by atoms with Gasteiger partial charge in [-0.15, -0.1) is 0 Å². The third kappa shape index (κ3) is 4.50. The summed E-state index contributed by atoms with van der Waals surface area (Å²) in [5.41, 5.74) is 2.86. The maximum Gasteiger partial charge on any atom is 0.243 e. The SMILES string of the molecule is CC1CCN(c2ccc(NC(=O)CNc3ccc4c(c3)OCCO4)cc2)CC1. The maximum absolute atomic E-state index is 12.3. The Labute approximate surface area is 165 Å². The quantitative estimate of drug-likeness (QED) is 0.826. The minimum atomic E-state index is -0.0885. The lowest BCUT2D eigenvalue weighted by Gasteiger charge is -2.32. The Bertz CT molecular complexity index is 814. The van der Waals surface area contributed by atoms with Crippen LogP contribution in [0, 0.1) is 5.92 Å². The van der Waals surface area contributed by atoms with E-state index in [-0.39, 0.29) is 12.5 Å². The first-order chi connectivity index (χ1) is 13.7. The van der Waals surface area contributed by atoms with E-state index < -0.39 is 0 Å². The number of nitrogens with zero attached hydrogens (tertiary/aromatic N) is 1. The third-order valence-electron chi connectivity index (χ3n) is 5.30. The molecular formula is C22H27N3O3. The molecule has 0 spiro atoms. The van der Waals surface area contributed by atoms with Gasteiger partial charge in [-0.3, -0.25) is 4.79 Å². The van der Waals surface area contributed by atoms with Crippen LogP contribution >= 0.6 is 0 Å². The number of hydrogen-bond donors (Lipinski definition) is 2. The van der Waals surface area contributed by atoms with Crippen molar-refractivity contribution in [3.63, 3.8) is 0 Å². The number of piperidine rings is 1. The van der Waals surface area contributed by atoms with Crippen molar-refractivity contribution < 1.29 is 14.3 Å². The fourth-order valence-electron chi connectivity index (χ4n) is 3.56. The molecule has 2 aromatic carbocycles. The zero-order valence-electron chi connectivity index (χ0n) is 16.2. The lowest BCUT2D eigenvalue weighted by molar-refractivity contribution is -0.114. The minimum absolute atomic E-state index is 0.0885. The van der Waals surface area contributed by atoms with Gasteiger partial charge in [-0.1, -0.05) is 6.92 Å². The van der Waals surface area contributed by atoms with Crippen LogP contribution in [0.15, 0.2) is 42.5 Å². The number of benzene rings is 2. The summed E-state index contributed by atoms with van der Waals surface area (Å²) in [6, 6.07) is 13.7. The van der Waals surface area contributed by atoms with E-state index in [0.717, 1.165) is 36.1 Å². The first kappa shape index (κ1) is 18.5. The first-order valence-corrected chi connectivity index (χ1v) is 9.96. The predicted octanol–water partition coefficient (Wildman–Crippen LogP) is 3.74. The van der Waals surface area contributed by atoms with Gasteiger partial charge in [-0.2, -0.15) is 0 Å². The zero-order chi connectivity index (χ0) is 19.3. The monoisotopic (exact) mass is 381 g/mol. The van der Waals surface area contributed by atoms with Crippen molar-refractivity contribution in [1.82, 2.24) is 0 Å². The van der Waals surface area contributed by atoms with E-state index >= 15 is 0 Å². The van der Waals surface area contributed by atoms with Crippen molar-refractivity contribution in [1.29, 1.82) is 0 Å². The summed E-state index contributed by atoms with van der Waals surface area (Å²) in [5.74, 6) is 2.18. The Morgan fingerprint density at radius 1 is 1.00 bits per heavy atom. The molecule has 6 nitrogen and oxygen atoms in total. The number of nitrogens with one attached hydrogen (secondary N) is 2. The molecular weight excluding hydrogens is 354 g/mol. The molecule has 1 saturated heterocycles. The van der Waals surface area contributed by atoms with Crippen LogP contribution in [0.1, 0.15) is 19.8 Å². The average Bonchev–Trinajstić information content (AvgIpc) is 2.73. The van der Waals surface area contributed by atoms with Gasteiger partial charge in [0.05, 0.1) is 6.54 Å². The van der Waals surface area contributed by atoms with Crippen LogP contribution < -0.4 is 25.0 Å². The van der Waals surface area contributed by atoms with E-state index in [1.165, 1.54) is 18.5 Å². The van der Waals surface area contributed by atoms with Gasteiger partial charge < -0.3 is 25.0 Å². The van der Waals surface area contributed by atoms with E-state index in [4.69, 9.17) is 9.47 Å². The van der Waals surface area contributed by atoms with Gasteiger partial charge in [0, 0.05) is 36.2 Å². The normalized spacial score (nSPS) is 16.5. The molecule has 2 aliphatic heterocycles. The number of ether oxygens (including phenoxy) is 2. The van der Waals surface area contributed by atoms with E-state index in [9.17, 15) is 4.79 Å². The molecule has 2 N–H and O–H groups in total. The molecule has 0 radical (unpaired) electrons. The number of carbonyl (C=O) groups is 1. The molecule has 0 aromatic heterocycles. The molecule has 2 heterocycles. The third-order valence-corrected chi connectivity index (χ3v) is 5.30. The second-order valence-corrected chi connectivity index (χ2v) is 7.48. The molecule has 4 rings (SSSR count). The van der Waals surface area contributed by atoms with Crippen molar-refractivity contribution in [3.05, 3.63) is 42.5 Å². The van der Waals surface area contributed by atoms with Gasteiger partial charge >= 0.3 is 0 Å². The number of hydrogen-bond acceptors (Lipinski definition) is 5. The van der Waals surface area contributed by atoms with Gasteiger partial charge in [0.2, 0.25) is 5.91 Å². The van der Waals surface area contributed by atoms with Gasteiger partial charge in [-0.05, 0) is 55.2 Å². The number of anilines is 3. The standard InChI is InChI=1S/C22H27N3O3/c1-16-8-10-25(11-9-16)19-5-2-17(3-6-19)24-22(26)15-23-18-4-7-20-21(14-18)28-13-12-27-20/h2-7,14,16,23H,8-13,15H2,1H3,(H,24,26). The minimum Gasteiger partial charge on any atom is -0.486 e. The summed E-state index contributed by atoms with van der Waals surface area (Å²) in [4.78, 5) is 14.7. The summed E-state index contributed by atoms with van der Waals surface area (Å²) < 4.78 is 11.1. The molecule has 148 valence electrons. The molecule has 2 aromatic rings. The van der Waals surface area contributed by atoms with Crippen LogP contribution in [0.2, 0.25) is 0 Å². The summed E-state index contributed by atoms with van der Waals surface area (Å²) in [6.45, 7) is 5.82. The lowest BCUT2D eigenvalue weighted by atomic mass is 9.99. The van der Waals surface area contributed by atoms with E-state index in [0.29, 0.717) is 19.0 Å². The lowest BCUT2D eigenvalue weighted by Crippen LogP contribution is -2.32. The smallest absolute Gasteiger partial charge is 0.243 e. The molecule has 0 atom stereocenters. The van der Waals surface area contributed by atoms with E-state index in [1.807, 2.05) is 30.3 Å². The maximum atomic E-state index is 12.3. The summed E-state index contributed by atoms with van der Waals surface area (Å²) in [5, 5.41) is 6.06. The highest BCUT2D eigenvalue weighted by Gasteiger charge is 2.16. The van der Waals surface area contributed by atoms with Gasteiger partial charge in [0.25, 0.3) is 0 Å². The summed E-state index contributed by atoms with van der Waals surface area (Å²) in [7, 11) is 0. The van der Waals surface area contributed by atoms with Crippen LogP contribution in [-0.4, -0.2) is 38.8 Å². The fourth-order valence-corrected chi connectivity index (χ4v) is 3.56. The number of amides is 1. The average molecular weight is 381 g/mol. The molecule has 0 aliphatic carbocycles. The molecule has 1 amide bonds. The van der Waals surface area contributed by atoms with Crippen LogP contribution in [0.25, 0.3) is 0 Å². The molecule has 0 unspecified atom stereocenters. The number of rotatable bonds is 5. The van der Waals surface area contributed by atoms with Crippen molar-refractivity contribution in [2.75, 3.05) is 48.4 Å². The zero-order valence-corrected chi connectivity index (χ0v) is 16.2. The Balaban J connectivity index is 1.28. The molecule has 28 heavy (non-hydrogen) atoms. The number of carbonyl (C=O) groups excluding carboxylic acids is 1. The second kappa shape index (κ2) is 8.42. The van der Waals surface area contributed by atoms with Crippen molar-refractivity contribution >= 4 is 23.0 Å². The number of fused-ring (bicyclic) bond motifs is 1. The van der Waals surface area contributed by atoms with Crippen LogP contribution in [0.4, 0.5) is 17.1 Å². The Morgan fingerprint density at radius 2 is 1.68 bits per heavy atom. The van der Waals surface area contributed by atoms with E-state index in [2.05, 4.69) is 34.6 Å². The van der Waals surface area contributed by atoms with Crippen molar-refractivity contribution in [2.45, 2.75) is 19.8 Å². The van der Waals surface area contributed by atoms with Crippen LogP contribution in [-0.2, 0) is 4.79 Å². The molecule has 1 fully saturated rings. The van der Waals surface area contributed by atoms with Crippen LogP contribution in [0.3, 0.4) is 0 Å². The van der Waals surface area contributed by atoms with Crippen molar-refractivity contribution in [2.24, 2.45) is 5.92 Å². The molecule has 0 bridgehead atoms. The highest BCUT2D eigenvalue weighted by atomic mass is 16.6.